The lowest BCUT2D eigenvalue weighted by Crippen LogP contribution is -2.47. The summed E-state index contributed by atoms with van der Waals surface area (Å²) in [7, 11) is 1.73. The Hall–Kier alpha value is -5.83. The van der Waals surface area contributed by atoms with Crippen LogP contribution in [0.25, 0.3) is 11.1 Å². The van der Waals surface area contributed by atoms with Gasteiger partial charge in [0.1, 0.15) is 48.3 Å². The number of para-hydroxylation sites is 2. The average Bonchev–Trinajstić information content (AvgIpc) is 3.28. The highest BCUT2D eigenvalue weighted by Gasteiger charge is 2.33. The number of hydrogen-bond donors (Lipinski definition) is 1. The van der Waals surface area contributed by atoms with Crippen molar-refractivity contribution in [1.29, 1.82) is 5.26 Å². The van der Waals surface area contributed by atoms with Gasteiger partial charge in [0.2, 0.25) is 0 Å². The summed E-state index contributed by atoms with van der Waals surface area (Å²) in [6.45, 7) is 13.9. The molecule has 0 amide bonds. The summed E-state index contributed by atoms with van der Waals surface area (Å²) in [6, 6.07) is 24.3. The monoisotopic (exact) mass is 825 g/mol. The van der Waals surface area contributed by atoms with Crippen LogP contribution in [-0.4, -0.2) is 91.4 Å². The van der Waals surface area contributed by atoms with Gasteiger partial charge < -0.3 is 29.0 Å². The molecular weight excluding hydrogens is 767 g/mol. The van der Waals surface area contributed by atoms with E-state index in [0.717, 1.165) is 126 Å². The molecule has 2 saturated heterocycles. The summed E-state index contributed by atoms with van der Waals surface area (Å²) >= 11 is 0. The number of pyridine rings is 1. The van der Waals surface area contributed by atoms with Crippen LogP contribution in [0.5, 0.6) is 11.5 Å². The molecule has 2 atom stereocenters. The van der Waals surface area contributed by atoms with E-state index in [-0.39, 0.29) is 12.5 Å². The number of nitrogens with zero attached hydrogens (tertiary/aromatic N) is 5. The highest BCUT2D eigenvalue weighted by atomic mass is 16.5. The van der Waals surface area contributed by atoms with E-state index < -0.39 is 12.0 Å². The second kappa shape index (κ2) is 20.6. The second-order valence-electron chi connectivity index (χ2n) is 16.4. The molecule has 1 aliphatic carbocycles. The SMILES string of the molecule is COc1ccccc1N1CCN(CCCOc2cccc(-c3cccc(COC4=C(C)CC(CN5CCCC[C@H]5C(=O)O)C(OCc5cncc(C#N)c5)=C4)c3C)c2C)CC1. The molecule has 4 aromatic rings. The molecule has 3 aliphatic rings. The molecule has 1 unspecified atom stereocenters. The smallest absolute Gasteiger partial charge is 0.320 e. The Morgan fingerprint density at radius 2 is 1.64 bits per heavy atom. The number of aliphatic carboxylic acids is 1. The Bertz CT molecular complexity index is 2260. The molecule has 11 nitrogen and oxygen atoms in total. The number of aromatic nitrogens is 1. The summed E-state index contributed by atoms with van der Waals surface area (Å²) in [4.78, 5) is 23.4. The number of carboxylic acids is 1. The van der Waals surface area contributed by atoms with Gasteiger partial charge in [0.25, 0.3) is 0 Å². The average molecular weight is 826 g/mol. The summed E-state index contributed by atoms with van der Waals surface area (Å²) in [5, 5.41) is 19.4. The predicted octanol–water partition coefficient (Wildman–Crippen LogP) is 8.69. The molecular formula is C50H59N5O6. The fourth-order valence-corrected chi connectivity index (χ4v) is 8.91. The molecule has 61 heavy (non-hydrogen) atoms. The van der Waals surface area contributed by atoms with Gasteiger partial charge in [-0.25, -0.2) is 0 Å². The minimum Gasteiger partial charge on any atom is -0.495 e. The molecule has 0 bridgehead atoms. The summed E-state index contributed by atoms with van der Waals surface area (Å²) < 4.78 is 25.1. The zero-order chi connectivity index (χ0) is 42.7. The van der Waals surface area contributed by atoms with Gasteiger partial charge in [0.05, 0.1) is 25.0 Å². The summed E-state index contributed by atoms with van der Waals surface area (Å²) in [6.07, 6.45) is 9.41. The van der Waals surface area contributed by atoms with E-state index >= 15 is 0 Å². The number of ether oxygens (including phenoxy) is 4. The molecule has 0 saturated carbocycles. The maximum absolute atomic E-state index is 12.2. The number of allylic oxidation sites excluding steroid dienone is 2. The van der Waals surface area contributed by atoms with Crippen LogP contribution in [-0.2, 0) is 27.5 Å². The van der Waals surface area contributed by atoms with Crippen LogP contribution >= 0.6 is 0 Å². The minimum absolute atomic E-state index is 0.0392. The third-order valence-electron chi connectivity index (χ3n) is 12.4. The number of piperidine rings is 1. The topological polar surface area (TPSA) is 121 Å². The van der Waals surface area contributed by atoms with Crippen molar-refractivity contribution in [1.82, 2.24) is 14.8 Å². The van der Waals surface area contributed by atoms with Crippen molar-refractivity contribution in [3.05, 3.63) is 130 Å². The van der Waals surface area contributed by atoms with Gasteiger partial charge in [0, 0.05) is 69.2 Å². The van der Waals surface area contributed by atoms with E-state index in [1.165, 1.54) is 6.20 Å². The van der Waals surface area contributed by atoms with Crippen molar-refractivity contribution in [3.63, 3.8) is 0 Å². The Balaban J connectivity index is 0.980. The first kappa shape index (κ1) is 43.3. The number of hydrogen-bond acceptors (Lipinski definition) is 10. The molecule has 11 heteroatoms. The molecule has 2 aliphatic heterocycles. The maximum Gasteiger partial charge on any atom is 0.320 e. The number of nitriles is 1. The lowest BCUT2D eigenvalue weighted by molar-refractivity contribution is -0.144. The quantitative estimate of drug-likeness (QED) is 0.103. The van der Waals surface area contributed by atoms with Crippen molar-refractivity contribution < 1.29 is 28.8 Å². The first-order chi connectivity index (χ1) is 29.7. The van der Waals surface area contributed by atoms with Gasteiger partial charge in [-0.1, -0.05) is 48.9 Å². The molecule has 1 N–H and O–H groups in total. The van der Waals surface area contributed by atoms with Crippen LogP contribution in [0.1, 0.15) is 66.8 Å². The zero-order valence-corrected chi connectivity index (χ0v) is 36.1. The number of rotatable bonds is 17. The Morgan fingerprint density at radius 3 is 2.43 bits per heavy atom. The van der Waals surface area contributed by atoms with Crippen molar-refractivity contribution in [2.45, 2.75) is 72.1 Å². The minimum atomic E-state index is -0.771. The Kier molecular flexibility index (Phi) is 14.6. The van der Waals surface area contributed by atoms with Gasteiger partial charge >= 0.3 is 5.97 Å². The molecule has 320 valence electrons. The standard InChI is InChI=1S/C50H59N5O6/c1-35-26-41(32-55-20-8-7-16-45(55)50(56)57)49(60-33-39-27-38(29-51)30-52-31-39)28-48(35)61-34-40-12-9-13-42(36(40)2)43-14-10-18-46(37(43)3)59-25-11-19-53-21-23-54(24-22-53)44-15-5-6-17-47(44)58-4/h5-6,9-10,12-15,17-18,27-28,30-31,41,45H,7-8,11,16,19-26,32-34H2,1-4H3,(H,56,57)/t41?,45-/m0/s1. The largest absolute Gasteiger partial charge is 0.495 e. The lowest BCUT2D eigenvalue weighted by atomic mass is 9.90. The normalized spacial score (nSPS) is 18.6. The van der Waals surface area contributed by atoms with E-state index in [2.05, 4.69) is 95.1 Å². The maximum atomic E-state index is 12.2. The number of piperazine rings is 1. The van der Waals surface area contributed by atoms with Gasteiger partial charge in [-0.15, -0.1) is 0 Å². The third kappa shape index (κ3) is 10.7. The van der Waals surface area contributed by atoms with Crippen LogP contribution in [0.15, 0.2) is 102 Å². The molecule has 3 heterocycles. The fraction of sp³-hybridized carbons (Fsp3) is 0.420. The first-order valence-electron chi connectivity index (χ1n) is 21.6. The van der Waals surface area contributed by atoms with Crippen molar-refractivity contribution in [2.24, 2.45) is 5.92 Å². The number of methoxy groups -OCH3 is 1. The van der Waals surface area contributed by atoms with E-state index in [1.54, 1.807) is 19.4 Å². The van der Waals surface area contributed by atoms with Crippen LogP contribution in [0.4, 0.5) is 5.69 Å². The molecule has 3 aromatic carbocycles. The van der Waals surface area contributed by atoms with Crippen molar-refractivity contribution in [2.75, 3.05) is 64.4 Å². The molecule has 0 spiro atoms. The van der Waals surface area contributed by atoms with E-state index in [4.69, 9.17) is 18.9 Å². The number of carboxylic acid groups (broad SMARTS) is 1. The van der Waals surface area contributed by atoms with Gasteiger partial charge in [-0.2, -0.15) is 5.26 Å². The van der Waals surface area contributed by atoms with Gasteiger partial charge in [-0.05, 0) is 111 Å². The van der Waals surface area contributed by atoms with E-state index in [1.807, 2.05) is 18.2 Å². The molecule has 0 radical (unpaired) electrons. The lowest BCUT2D eigenvalue weighted by Gasteiger charge is -2.37. The highest BCUT2D eigenvalue weighted by molar-refractivity contribution is 5.74. The molecule has 2 fully saturated rings. The van der Waals surface area contributed by atoms with Crippen LogP contribution < -0.4 is 14.4 Å². The van der Waals surface area contributed by atoms with E-state index in [9.17, 15) is 15.2 Å². The third-order valence-corrected chi connectivity index (χ3v) is 12.4. The number of anilines is 1. The first-order valence-corrected chi connectivity index (χ1v) is 21.6. The van der Waals surface area contributed by atoms with Crippen molar-refractivity contribution in [3.8, 4) is 28.7 Å². The summed E-state index contributed by atoms with van der Waals surface area (Å²) in [5.74, 6) is 2.54. The van der Waals surface area contributed by atoms with Crippen LogP contribution in [0.2, 0.25) is 0 Å². The number of likely N-dealkylation sites (tertiary alicyclic amines) is 1. The summed E-state index contributed by atoms with van der Waals surface area (Å²) in [5.41, 5.74) is 9.17. The second-order valence-corrected chi connectivity index (χ2v) is 16.4. The zero-order valence-electron chi connectivity index (χ0n) is 36.1. The van der Waals surface area contributed by atoms with Crippen molar-refractivity contribution >= 4 is 11.7 Å². The Morgan fingerprint density at radius 1 is 0.869 bits per heavy atom. The van der Waals surface area contributed by atoms with Crippen LogP contribution in [0.3, 0.4) is 0 Å². The Labute approximate surface area is 360 Å². The predicted molar refractivity (Wildman–Crippen MR) is 237 cm³/mol. The highest BCUT2D eigenvalue weighted by Crippen LogP contribution is 2.36. The molecule has 7 rings (SSSR count). The fourth-order valence-electron chi connectivity index (χ4n) is 8.91. The molecule has 1 aromatic heterocycles. The van der Waals surface area contributed by atoms with E-state index in [0.29, 0.717) is 38.2 Å². The van der Waals surface area contributed by atoms with Crippen LogP contribution in [0, 0.1) is 31.1 Å². The van der Waals surface area contributed by atoms with Gasteiger partial charge in [0.15, 0.2) is 0 Å². The van der Waals surface area contributed by atoms with Gasteiger partial charge in [-0.3, -0.25) is 19.6 Å². The number of carbonyl (C=O) groups is 1. The number of benzene rings is 3.